The molecule has 0 unspecified atom stereocenters. The Morgan fingerprint density at radius 2 is 1.55 bits per heavy atom. The normalized spacial score (nSPS) is 13.5. The van der Waals surface area contributed by atoms with Crippen molar-refractivity contribution in [1.82, 2.24) is 9.80 Å². The third kappa shape index (κ3) is 4.97. The van der Waals surface area contributed by atoms with Crippen molar-refractivity contribution in [2.45, 2.75) is 6.92 Å². The molecule has 1 aliphatic rings. The van der Waals surface area contributed by atoms with Crippen LogP contribution in [0.5, 0.6) is 0 Å². The van der Waals surface area contributed by atoms with Crippen LogP contribution in [0.2, 0.25) is 0 Å². The number of nitro groups is 1. The maximum absolute atomic E-state index is 13.0. The van der Waals surface area contributed by atoms with Crippen LogP contribution in [-0.4, -0.2) is 65.4 Å². The van der Waals surface area contributed by atoms with Crippen LogP contribution in [0, 0.1) is 10.1 Å². The number of ether oxygens (including phenoxy) is 1. The molecule has 2 aromatic carbocycles. The number of anilines is 1. The van der Waals surface area contributed by atoms with E-state index < -0.39 is 16.9 Å². The first-order valence-corrected chi connectivity index (χ1v) is 9.77. The fraction of sp³-hybridized carbons (Fsp3) is 0.286. The minimum absolute atomic E-state index is 0.0993. The fourth-order valence-electron chi connectivity index (χ4n) is 3.27. The van der Waals surface area contributed by atoms with Crippen molar-refractivity contribution in [2.75, 3.05) is 38.1 Å². The number of benzene rings is 2. The number of hydrogen-bond acceptors (Lipinski definition) is 6. The predicted molar refractivity (Wildman–Crippen MR) is 112 cm³/mol. The molecule has 31 heavy (non-hydrogen) atoms. The summed E-state index contributed by atoms with van der Waals surface area (Å²) in [6, 6.07) is 12.1. The summed E-state index contributed by atoms with van der Waals surface area (Å²) in [5.74, 6) is -0.985. The highest BCUT2D eigenvalue weighted by atomic mass is 16.6. The molecular weight excluding hydrogens is 404 g/mol. The molecule has 10 nitrogen and oxygen atoms in total. The average molecular weight is 426 g/mol. The molecule has 1 fully saturated rings. The van der Waals surface area contributed by atoms with Crippen LogP contribution in [-0.2, 0) is 4.74 Å². The first-order chi connectivity index (χ1) is 14.9. The smallest absolute Gasteiger partial charge is 0.409 e. The fourth-order valence-corrected chi connectivity index (χ4v) is 3.27. The highest BCUT2D eigenvalue weighted by molar-refractivity contribution is 6.10. The Bertz CT molecular complexity index is 1000. The third-order valence-electron chi connectivity index (χ3n) is 4.84. The van der Waals surface area contributed by atoms with Crippen LogP contribution in [0.4, 0.5) is 16.2 Å². The first-order valence-electron chi connectivity index (χ1n) is 9.77. The zero-order chi connectivity index (χ0) is 22.4. The van der Waals surface area contributed by atoms with Gasteiger partial charge in [-0.05, 0) is 25.1 Å². The van der Waals surface area contributed by atoms with Crippen LogP contribution >= 0.6 is 0 Å². The van der Waals surface area contributed by atoms with Crippen molar-refractivity contribution in [3.05, 3.63) is 69.8 Å². The molecule has 1 saturated heterocycles. The number of hydrogen-bond donors (Lipinski definition) is 1. The topological polar surface area (TPSA) is 122 Å². The van der Waals surface area contributed by atoms with Gasteiger partial charge in [-0.3, -0.25) is 19.7 Å². The maximum Gasteiger partial charge on any atom is 0.409 e. The molecule has 0 aliphatic carbocycles. The molecule has 162 valence electrons. The molecule has 3 amide bonds. The Hall–Kier alpha value is -3.95. The summed E-state index contributed by atoms with van der Waals surface area (Å²) in [5.41, 5.74) is 0.0965. The van der Waals surface area contributed by atoms with E-state index in [1.807, 2.05) is 0 Å². The van der Waals surface area contributed by atoms with Gasteiger partial charge in [-0.15, -0.1) is 0 Å². The number of carbonyl (C=O) groups is 3. The largest absolute Gasteiger partial charge is 0.450 e. The average Bonchev–Trinajstić information content (AvgIpc) is 2.79. The molecule has 1 N–H and O–H groups in total. The van der Waals surface area contributed by atoms with E-state index in [0.717, 1.165) is 0 Å². The van der Waals surface area contributed by atoms with Crippen molar-refractivity contribution in [3.8, 4) is 0 Å². The number of carbonyl (C=O) groups excluding carboxylic acids is 3. The standard InChI is InChI=1S/C21H22N4O6/c1-2-31-21(28)24-13-11-23(12-14-24)20(27)15-7-3-5-9-17(15)22-19(26)16-8-4-6-10-18(16)25(29)30/h3-10H,2,11-14H2,1H3,(H,22,26). The number of piperazine rings is 1. The summed E-state index contributed by atoms with van der Waals surface area (Å²) < 4.78 is 4.98. The number of rotatable bonds is 5. The maximum atomic E-state index is 13.0. The van der Waals surface area contributed by atoms with E-state index in [0.29, 0.717) is 26.2 Å². The Morgan fingerprint density at radius 1 is 0.968 bits per heavy atom. The van der Waals surface area contributed by atoms with Crippen LogP contribution in [0.3, 0.4) is 0 Å². The minimum atomic E-state index is -0.681. The van der Waals surface area contributed by atoms with Gasteiger partial charge >= 0.3 is 6.09 Å². The number of nitro benzene ring substituents is 1. The molecule has 0 atom stereocenters. The quantitative estimate of drug-likeness (QED) is 0.579. The summed E-state index contributed by atoms with van der Waals surface area (Å²) in [6.07, 6.45) is -0.410. The van der Waals surface area contributed by atoms with Crippen molar-refractivity contribution in [1.29, 1.82) is 0 Å². The van der Waals surface area contributed by atoms with Crippen molar-refractivity contribution in [2.24, 2.45) is 0 Å². The number of nitrogens with one attached hydrogen (secondary N) is 1. The zero-order valence-electron chi connectivity index (χ0n) is 16.9. The number of para-hydroxylation sites is 2. The van der Waals surface area contributed by atoms with Gasteiger partial charge < -0.3 is 19.9 Å². The Labute approximate surface area is 178 Å². The van der Waals surface area contributed by atoms with Crippen molar-refractivity contribution in [3.63, 3.8) is 0 Å². The van der Waals surface area contributed by atoms with Gasteiger partial charge in [-0.25, -0.2) is 4.79 Å². The summed E-state index contributed by atoms with van der Waals surface area (Å²) >= 11 is 0. The van der Waals surface area contributed by atoms with Crippen LogP contribution < -0.4 is 5.32 Å². The molecule has 3 rings (SSSR count). The van der Waals surface area contributed by atoms with E-state index in [4.69, 9.17) is 4.74 Å². The molecule has 10 heteroatoms. The summed E-state index contributed by atoms with van der Waals surface area (Å²) in [4.78, 5) is 51.3. The molecule has 0 bridgehead atoms. The van der Waals surface area contributed by atoms with Gasteiger partial charge in [0.2, 0.25) is 0 Å². The Kier molecular flexibility index (Phi) is 6.81. The molecule has 0 saturated carbocycles. The lowest BCUT2D eigenvalue weighted by Crippen LogP contribution is -2.50. The highest BCUT2D eigenvalue weighted by Gasteiger charge is 2.27. The second kappa shape index (κ2) is 9.70. The molecular formula is C21H22N4O6. The lowest BCUT2D eigenvalue weighted by Gasteiger charge is -2.34. The summed E-state index contributed by atoms with van der Waals surface area (Å²) in [6.45, 7) is 3.34. The van der Waals surface area contributed by atoms with Gasteiger partial charge in [0.15, 0.2) is 0 Å². The third-order valence-corrected chi connectivity index (χ3v) is 4.84. The van der Waals surface area contributed by atoms with Crippen LogP contribution in [0.1, 0.15) is 27.6 Å². The van der Waals surface area contributed by atoms with Crippen LogP contribution in [0.15, 0.2) is 48.5 Å². The summed E-state index contributed by atoms with van der Waals surface area (Å²) in [5, 5.41) is 13.8. The van der Waals surface area contributed by atoms with E-state index in [1.165, 1.54) is 29.2 Å². The predicted octanol–water partition coefficient (Wildman–Crippen LogP) is 2.76. The monoisotopic (exact) mass is 426 g/mol. The number of nitrogens with zero attached hydrogens (tertiary/aromatic N) is 3. The minimum Gasteiger partial charge on any atom is -0.450 e. The number of amides is 3. The molecule has 0 spiro atoms. The molecule has 1 aliphatic heterocycles. The Balaban J connectivity index is 1.74. The van der Waals surface area contributed by atoms with Gasteiger partial charge in [0.1, 0.15) is 5.56 Å². The van der Waals surface area contributed by atoms with E-state index in [-0.39, 0.29) is 35.0 Å². The Morgan fingerprint density at radius 3 is 2.19 bits per heavy atom. The lowest BCUT2D eigenvalue weighted by molar-refractivity contribution is -0.385. The summed E-state index contributed by atoms with van der Waals surface area (Å²) in [7, 11) is 0. The SMILES string of the molecule is CCOC(=O)N1CCN(C(=O)c2ccccc2NC(=O)c2ccccc2[N+](=O)[O-])CC1. The van der Waals surface area contributed by atoms with Gasteiger partial charge in [-0.1, -0.05) is 24.3 Å². The lowest BCUT2D eigenvalue weighted by atomic mass is 10.1. The van der Waals surface area contributed by atoms with E-state index in [1.54, 1.807) is 36.1 Å². The van der Waals surface area contributed by atoms with E-state index in [2.05, 4.69) is 5.32 Å². The van der Waals surface area contributed by atoms with Gasteiger partial charge in [0, 0.05) is 32.2 Å². The van der Waals surface area contributed by atoms with Gasteiger partial charge in [0.25, 0.3) is 17.5 Å². The van der Waals surface area contributed by atoms with Gasteiger partial charge in [-0.2, -0.15) is 0 Å². The second-order valence-electron chi connectivity index (χ2n) is 6.75. The molecule has 2 aromatic rings. The second-order valence-corrected chi connectivity index (χ2v) is 6.75. The first kappa shape index (κ1) is 21.8. The highest BCUT2D eigenvalue weighted by Crippen LogP contribution is 2.22. The zero-order valence-corrected chi connectivity index (χ0v) is 16.9. The van der Waals surface area contributed by atoms with Crippen molar-refractivity contribution >= 4 is 29.3 Å². The van der Waals surface area contributed by atoms with Crippen molar-refractivity contribution < 1.29 is 24.0 Å². The van der Waals surface area contributed by atoms with Crippen LogP contribution in [0.25, 0.3) is 0 Å². The molecule has 0 aromatic heterocycles. The van der Waals surface area contributed by atoms with E-state index in [9.17, 15) is 24.5 Å². The van der Waals surface area contributed by atoms with E-state index >= 15 is 0 Å². The molecule has 0 radical (unpaired) electrons. The van der Waals surface area contributed by atoms with Gasteiger partial charge in [0.05, 0.1) is 22.8 Å². The molecule has 1 heterocycles.